The zero-order chi connectivity index (χ0) is 25.9. The number of aromatic amines is 2. The van der Waals surface area contributed by atoms with E-state index in [2.05, 4.69) is 37.4 Å². The number of pyridine rings is 2. The first kappa shape index (κ1) is 22.6. The van der Waals surface area contributed by atoms with Gasteiger partial charge in [-0.3, -0.25) is 5.10 Å². The van der Waals surface area contributed by atoms with Crippen LogP contribution in [-0.2, 0) is 0 Å². The van der Waals surface area contributed by atoms with Crippen LogP contribution in [0.5, 0.6) is 0 Å². The molecule has 8 nitrogen and oxygen atoms in total. The minimum absolute atomic E-state index is 0.316. The van der Waals surface area contributed by atoms with Crippen molar-refractivity contribution in [3.05, 3.63) is 114 Å². The van der Waals surface area contributed by atoms with Gasteiger partial charge in [-0.2, -0.15) is 10.4 Å². The summed E-state index contributed by atoms with van der Waals surface area (Å²) in [7, 11) is 0. The highest BCUT2D eigenvalue weighted by molar-refractivity contribution is 5.90. The highest BCUT2D eigenvalue weighted by atomic mass is 15.2. The van der Waals surface area contributed by atoms with Gasteiger partial charge in [0, 0.05) is 17.2 Å². The van der Waals surface area contributed by atoms with Crippen molar-refractivity contribution in [3.63, 3.8) is 0 Å². The predicted molar refractivity (Wildman–Crippen MR) is 144 cm³/mol. The quantitative estimate of drug-likeness (QED) is 0.262. The van der Waals surface area contributed by atoms with Crippen molar-refractivity contribution in [2.45, 2.75) is 0 Å². The lowest BCUT2D eigenvalue weighted by Crippen LogP contribution is -1.94. The number of hydrogen-bond acceptors (Lipinski definition) is 5. The molecule has 4 aromatic heterocycles. The van der Waals surface area contributed by atoms with Crippen molar-refractivity contribution in [3.8, 4) is 62.5 Å². The second kappa shape index (κ2) is 9.65. The molecule has 38 heavy (non-hydrogen) atoms. The summed E-state index contributed by atoms with van der Waals surface area (Å²) in [5.74, 6) is 0.371. The van der Waals surface area contributed by atoms with Crippen LogP contribution in [-0.4, -0.2) is 30.4 Å². The Morgan fingerprint density at radius 3 is 1.76 bits per heavy atom. The van der Waals surface area contributed by atoms with Gasteiger partial charge in [-0.1, -0.05) is 67.2 Å². The molecule has 0 radical (unpaired) electrons. The highest BCUT2D eigenvalue weighted by Crippen LogP contribution is 2.38. The minimum Gasteiger partial charge on any atom is -0.362 e. The van der Waals surface area contributed by atoms with Crippen LogP contribution in [0.15, 0.2) is 97.1 Å². The van der Waals surface area contributed by atoms with Gasteiger partial charge in [-0.25, -0.2) is 15.1 Å². The summed E-state index contributed by atoms with van der Waals surface area (Å²) in [5, 5.41) is 23.0. The van der Waals surface area contributed by atoms with Crippen LogP contribution in [0.4, 0.5) is 5.82 Å². The Hall–Kier alpha value is -5.86. The van der Waals surface area contributed by atoms with Crippen molar-refractivity contribution in [2.24, 2.45) is 0 Å². The fourth-order valence-corrected chi connectivity index (χ4v) is 4.36. The first-order chi connectivity index (χ1) is 18.7. The number of nitriles is 1. The Kier molecular flexibility index (Phi) is 5.74. The van der Waals surface area contributed by atoms with E-state index in [9.17, 15) is 0 Å². The van der Waals surface area contributed by atoms with E-state index in [1.165, 1.54) is 0 Å². The average Bonchev–Trinajstić information content (AvgIpc) is 3.68. The van der Waals surface area contributed by atoms with Gasteiger partial charge in [0.2, 0.25) is 0 Å². The van der Waals surface area contributed by atoms with Gasteiger partial charge in [0.15, 0.2) is 5.69 Å². The van der Waals surface area contributed by atoms with E-state index in [1.807, 2.05) is 78.9 Å². The van der Waals surface area contributed by atoms with Gasteiger partial charge in [0.1, 0.15) is 11.8 Å². The molecule has 0 saturated carbocycles. The van der Waals surface area contributed by atoms with Gasteiger partial charge in [-0.15, -0.1) is 5.10 Å². The van der Waals surface area contributed by atoms with Crippen molar-refractivity contribution < 1.29 is 0 Å². The van der Waals surface area contributed by atoms with Crippen LogP contribution in [0.25, 0.3) is 61.3 Å². The Morgan fingerprint density at radius 1 is 0.605 bits per heavy atom. The second-order valence-electron chi connectivity index (χ2n) is 8.44. The zero-order valence-corrected chi connectivity index (χ0v) is 19.9. The smallest absolute Gasteiger partial charge is 0.250 e. The Balaban J connectivity index is 1.45. The molecule has 0 aliphatic rings. The van der Waals surface area contributed by atoms with Crippen LogP contribution in [0.3, 0.4) is 0 Å². The predicted octanol–water partition coefficient (Wildman–Crippen LogP) is 6.68. The average molecular weight is 491 g/mol. The summed E-state index contributed by atoms with van der Waals surface area (Å²) >= 11 is 0. The molecule has 0 amide bonds. The standard InChI is InChI=1S/C30H18N8/c1-32-30-17-29(37-38-30)27-15-7-13-25(34-27)23-11-5-3-9-21(23)20-8-2-4-10-22(20)24-12-6-14-26(33-24)28-16-19(18-31)35-36-28/h2-17H,(H,35,36)(H,37,38). The molecule has 0 aliphatic heterocycles. The van der Waals surface area contributed by atoms with E-state index >= 15 is 0 Å². The Morgan fingerprint density at radius 2 is 1.18 bits per heavy atom. The van der Waals surface area contributed by atoms with Crippen LogP contribution >= 0.6 is 0 Å². The maximum absolute atomic E-state index is 9.13. The lowest BCUT2D eigenvalue weighted by molar-refractivity contribution is 1.07. The summed E-state index contributed by atoms with van der Waals surface area (Å²) < 4.78 is 0. The van der Waals surface area contributed by atoms with E-state index in [4.69, 9.17) is 21.8 Å². The molecule has 0 saturated heterocycles. The molecule has 0 atom stereocenters. The summed E-state index contributed by atoms with van der Waals surface area (Å²) in [6, 6.07) is 33.3. The molecule has 178 valence electrons. The maximum Gasteiger partial charge on any atom is 0.250 e. The Labute approximate surface area is 218 Å². The first-order valence-corrected chi connectivity index (χ1v) is 11.8. The zero-order valence-electron chi connectivity index (χ0n) is 19.9. The Bertz CT molecular complexity index is 1730. The van der Waals surface area contributed by atoms with E-state index in [1.54, 1.807) is 12.1 Å². The summed E-state index contributed by atoms with van der Waals surface area (Å²) in [4.78, 5) is 13.2. The summed E-state index contributed by atoms with van der Waals surface area (Å²) in [5.41, 5.74) is 8.55. The molecule has 0 spiro atoms. The topological polar surface area (TPSA) is 111 Å². The SMILES string of the molecule is [C-]#[N+]c1cc(-c2cccc(-c3ccccc3-c3ccccc3-c3cccc(-c4cc(C#N)n[nH]4)n3)n2)n[nH]1. The van der Waals surface area contributed by atoms with Crippen LogP contribution in [0.2, 0.25) is 0 Å². The molecule has 4 heterocycles. The molecule has 0 aliphatic carbocycles. The van der Waals surface area contributed by atoms with E-state index in [0.717, 1.165) is 33.6 Å². The first-order valence-electron chi connectivity index (χ1n) is 11.8. The number of rotatable bonds is 5. The van der Waals surface area contributed by atoms with Crippen molar-refractivity contribution in [1.82, 2.24) is 30.4 Å². The third-order valence-corrected chi connectivity index (χ3v) is 6.11. The normalized spacial score (nSPS) is 10.6. The molecule has 6 aromatic rings. The van der Waals surface area contributed by atoms with E-state index < -0.39 is 0 Å². The molecule has 0 fully saturated rings. The van der Waals surface area contributed by atoms with Gasteiger partial charge in [0.05, 0.1) is 28.5 Å². The lowest BCUT2D eigenvalue weighted by atomic mass is 9.92. The molecule has 2 aromatic carbocycles. The highest BCUT2D eigenvalue weighted by Gasteiger charge is 2.16. The third-order valence-electron chi connectivity index (χ3n) is 6.11. The minimum atomic E-state index is 0.316. The van der Waals surface area contributed by atoms with Crippen molar-refractivity contribution in [2.75, 3.05) is 0 Å². The largest absolute Gasteiger partial charge is 0.362 e. The molecule has 0 unspecified atom stereocenters. The number of H-pyrrole nitrogens is 2. The third kappa shape index (κ3) is 4.19. The summed E-state index contributed by atoms with van der Waals surface area (Å²) in [6.07, 6.45) is 0. The fourth-order valence-electron chi connectivity index (χ4n) is 4.36. The second-order valence-corrected chi connectivity index (χ2v) is 8.44. The monoisotopic (exact) mass is 490 g/mol. The van der Waals surface area contributed by atoms with Crippen LogP contribution < -0.4 is 0 Å². The summed E-state index contributed by atoms with van der Waals surface area (Å²) in [6.45, 7) is 7.19. The van der Waals surface area contributed by atoms with Crippen LogP contribution in [0, 0.1) is 17.9 Å². The molecular weight excluding hydrogens is 472 g/mol. The molecule has 2 N–H and O–H groups in total. The molecule has 0 bridgehead atoms. The fraction of sp³-hybridized carbons (Fsp3) is 0. The van der Waals surface area contributed by atoms with Gasteiger partial charge >= 0.3 is 0 Å². The number of aromatic nitrogens is 6. The van der Waals surface area contributed by atoms with Gasteiger partial charge in [0.25, 0.3) is 5.82 Å². The van der Waals surface area contributed by atoms with Crippen molar-refractivity contribution >= 4 is 5.82 Å². The number of nitrogens with one attached hydrogen (secondary N) is 2. The molecule has 6 rings (SSSR count). The van der Waals surface area contributed by atoms with Gasteiger partial charge < -0.3 is 4.85 Å². The maximum atomic E-state index is 9.13. The van der Waals surface area contributed by atoms with Crippen LogP contribution in [0.1, 0.15) is 5.69 Å². The van der Waals surface area contributed by atoms with Crippen molar-refractivity contribution in [1.29, 1.82) is 5.26 Å². The number of benzene rings is 2. The molecular formula is C30H18N8. The van der Waals surface area contributed by atoms with E-state index in [-0.39, 0.29) is 0 Å². The van der Waals surface area contributed by atoms with E-state index in [0.29, 0.717) is 34.3 Å². The van der Waals surface area contributed by atoms with Gasteiger partial charge in [-0.05, 0) is 41.5 Å². The number of hydrogen-bond donors (Lipinski definition) is 2. The number of nitrogens with zero attached hydrogens (tertiary/aromatic N) is 6. The lowest BCUT2D eigenvalue weighted by Gasteiger charge is -2.14. The molecule has 8 heteroatoms.